The number of hydrogen-bond acceptors (Lipinski definition) is 4. The lowest BCUT2D eigenvalue weighted by Gasteiger charge is -2.27. The van der Waals surface area contributed by atoms with Crippen LogP contribution in [0, 0.1) is 0 Å². The number of fused-ring (bicyclic) bond motifs is 18. The second kappa shape index (κ2) is 14.3. The molecule has 0 N–H and O–H groups in total. The van der Waals surface area contributed by atoms with Crippen LogP contribution < -0.4 is 9.80 Å². The zero-order valence-electron chi connectivity index (χ0n) is 38.5. The van der Waals surface area contributed by atoms with Gasteiger partial charge in [0.2, 0.25) is 0 Å². The summed E-state index contributed by atoms with van der Waals surface area (Å²) in [4.78, 5) is 4.99. The van der Waals surface area contributed by atoms with Crippen molar-refractivity contribution >= 4 is 173 Å². The van der Waals surface area contributed by atoms with E-state index in [-0.39, 0.29) is 0 Å². The van der Waals surface area contributed by atoms with Crippen LogP contribution in [-0.4, -0.2) is 8.80 Å². The zero-order valence-corrected chi connectivity index (χ0v) is 40.2. The molecule has 72 heavy (non-hydrogen) atoms. The first-order valence-corrected chi connectivity index (χ1v) is 26.2. The van der Waals surface area contributed by atoms with Gasteiger partial charge in [-0.15, -0.1) is 22.7 Å². The van der Waals surface area contributed by atoms with Gasteiger partial charge in [0.05, 0.1) is 65.2 Å². The third kappa shape index (κ3) is 5.04. The fraction of sp³-hybridized carbons (Fsp3) is 0. The summed E-state index contributed by atoms with van der Waals surface area (Å²) in [5, 5.41) is 15.3. The molecular weight excluding hydrogens is 913 g/mol. The molecule has 0 radical (unpaired) electrons. The van der Waals surface area contributed by atoms with E-state index in [1.807, 2.05) is 22.7 Å². The SMILES string of the molecule is c1ccc(N(c2cccc3c2sc2ccccc23)c2cccc3c2c2cccc4c5cc6c(cc5n3c42)c2cccc3c4c(N(c5ccccc5)c5cccc7c5sc5ccccc57)cccc4n6c23)cc1. The highest BCUT2D eigenvalue weighted by atomic mass is 32.1. The Morgan fingerprint density at radius 3 is 1.10 bits per heavy atom. The van der Waals surface area contributed by atoms with Crippen molar-refractivity contribution in [1.82, 2.24) is 8.80 Å². The van der Waals surface area contributed by atoms with Crippen LogP contribution in [0.2, 0.25) is 0 Å². The Morgan fingerprint density at radius 1 is 0.264 bits per heavy atom. The zero-order chi connectivity index (χ0) is 46.8. The summed E-state index contributed by atoms with van der Waals surface area (Å²) in [7, 11) is 0. The van der Waals surface area contributed by atoms with Gasteiger partial charge in [-0.25, -0.2) is 0 Å². The molecule has 11 aromatic carbocycles. The Bertz CT molecular complexity index is 4740. The molecule has 0 atom stereocenters. The number of anilines is 6. The van der Waals surface area contributed by atoms with Gasteiger partial charge in [0.15, 0.2) is 0 Å². The average Bonchev–Trinajstić information content (AvgIpc) is 4.29. The van der Waals surface area contributed by atoms with E-state index in [0.717, 1.165) is 11.4 Å². The quantitative estimate of drug-likeness (QED) is 0.165. The number of rotatable bonds is 6. The lowest BCUT2D eigenvalue weighted by atomic mass is 10.0. The van der Waals surface area contributed by atoms with Crippen molar-refractivity contribution in [2.45, 2.75) is 0 Å². The number of nitrogens with zero attached hydrogens (tertiary/aromatic N) is 4. The fourth-order valence-corrected chi connectivity index (χ4v) is 15.1. The van der Waals surface area contributed by atoms with Crippen molar-refractivity contribution in [2.75, 3.05) is 9.80 Å². The summed E-state index contributed by atoms with van der Waals surface area (Å²) in [6, 6.07) is 85.6. The molecule has 0 spiro atoms. The second-order valence-electron chi connectivity index (χ2n) is 19.1. The maximum Gasteiger partial charge on any atom is 0.0640 e. The molecule has 0 aliphatic heterocycles. The molecule has 6 heterocycles. The van der Waals surface area contributed by atoms with Crippen LogP contribution in [0.15, 0.2) is 231 Å². The third-order valence-corrected chi connectivity index (χ3v) is 17.9. The molecular formula is C66H38N4S2. The van der Waals surface area contributed by atoms with Crippen molar-refractivity contribution in [3.05, 3.63) is 231 Å². The molecule has 0 amide bonds. The van der Waals surface area contributed by atoms with E-state index in [2.05, 4.69) is 249 Å². The fourth-order valence-electron chi connectivity index (χ4n) is 12.7. The van der Waals surface area contributed by atoms with E-state index < -0.39 is 0 Å². The van der Waals surface area contributed by atoms with Gasteiger partial charge >= 0.3 is 0 Å². The lowest BCUT2D eigenvalue weighted by molar-refractivity contribution is 1.31. The van der Waals surface area contributed by atoms with E-state index in [4.69, 9.17) is 0 Å². The molecule has 0 aliphatic carbocycles. The summed E-state index contributed by atoms with van der Waals surface area (Å²) >= 11 is 3.76. The molecule has 0 fully saturated rings. The van der Waals surface area contributed by atoms with E-state index in [1.165, 1.54) is 139 Å². The van der Waals surface area contributed by atoms with Crippen LogP contribution in [0.25, 0.3) is 117 Å². The average molecular weight is 951 g/mol. The Balaban J connectivity index is 0.921. The molecule has 334 valence electrons. The van der Waals surface area contributed by atoms with Crippen LogP contribution in [0.5, 0.6) is 0 Å². The van der Waals surface area contributed by atoms with Crippen LogP contribution in [-0.2, 0) is 0 Å². The summed E-state index contributed by atoms with van der Waals surface area (Å²) < 4.78 is 10.3. The lowest BCUT2D eigenvalue weighted by Crippen LogP contribution is -2.10. The van der Waals surface area contributed by atoms with Crippen molar-refractivity contribution < 1.29 is 0 Å². The first-order chi connectivity index (χ1) is 35.8. The Kier molecular flexibility index (Phi) is 7.73. The molecule has 0 unspecified atom stereocenters. The highest BCUT2D eigenvalue weighted by Gasteiger charge is 2.28. The van der Waals surface area contributed by atoms with Gasteiger partial charge < -0.3 is 18.6 Å². The molecule has 0 saturated heterocycles. The minimum atomic E-state index is 1.14. The number of para-hydroxylation sites is 4. The van der Waals surface area contributed by atoms with Crippen molar-refractivity contribution in [3.63, 3.8) is 0 Å². The van der Waals surface area contributed by atoms with E-state index in [1.54, 1.807) is 0 Å². The van der Waals surface area contributed by atoms with Gasteiger partial charge in [-0.3, -0.25) is 0 Å². The van der Waals surface area contributed by atoms with E-state index in [9.17, 15) is 0 Å². The molecule has 17 aromatic rings. The van der Waals surface area contributed by atoms with Crippen LogP contribution in [0.1, 0.15) is 0 Å². The predicted molar refractivity (Wildman–Crippen MR) is 311 cm³/mol. The van der Waals surface area contributed by atoms with Gasteiger partial charge in [0.25, 0.3) is 0 Å². The number of thiophene rings is 2. The van der Waals surface area contributed by atoms with E-state index in [0.29, 0.717) is 0 Å². The van der Waals surface area contributed by atoms with Crippen LogP contribution in [0.4, 0.5) is 34.1 Å². The highest BCUT2D eigenvalue weighted by Crippen LogP contribution is 2.53. The van der Waals surface area contributed by atoms with Gasteiger partial charge in [-0.1, -0.05) is 146 Å². The first-order valence-electron chi connectivity index (χ1n) is 24.6. The van der Waals surface area contributed by atoms with Gasteiger partial charge in [-0.05, 0) is 84.9 Å². The standard InChI is InChI=1S/C66H38N4S2/c1-3-17-39(18-4-1)67(55-33-13-25-45-41-21-7-9-35-59(41)71-65(45)55)51-29-15-31-53-61(51)47-27-11-23-43-49-38-58-50(37-57(49)69(53)63(43)47)44-24-12-28-48-62-52(30-16-32-54(62)70(58)64(44)48)68(40-19-5-2-6-20-40)56-34-14-26-46-42-22-8-10-36-60(42)72-66(46)56/h1-38H. The Hall–Kier alpha value is -8.94. The maximum absolute atomic E-state index is 2.55. The topological polar surface area (TPSA) is 15.3 Å². The van der Waals surface area contributed by atoms with Crippen molar-refractivity contribution in [2.24, 2.45) is 0 Å². The Morgan fingerprint density at radius 2 is 0.625 bits per heavy atom. The molecule has 17 rings (SSSR count). The number of benzene rings is 11. The summed E-state index contributed by atoms with van der Waals surface area (Å²) in [6.07, 6.45) is 0. The second-order valence-corrected chi connectivity index (χ2v) is 21.3. The van der Waals surface area contributed by atoms with Crippen molar-refractivity contribution in [1.29, 1.82) is 0 Å². The maximum atomic E-state index is 2.55. The third-order valence-electron chi connectivity index (χ3n) is 15.5. The normalized spacial score (nSPS) is 12.4. The molecule has 6 heteroatoms. The molecule has 0 saturated carbocycles. The summed E-state index contributed by atoms with van der Waals surface area (Å²) in [6.45, 7) is 0. The van der Waals surface area contributed by atoms with Gasteiger partial charge in [0.1, 0.15) is 0 Å². The predicted octanol–water partition coefficient (Wildman–Crippen LogP) is 19.7. The molecule has 6 aromatic heterocycles. The van der Waals surface area contributed by atoms with Gasteiger partial charge in [-0.2, -0.15) is 0 Å². The minimum absolute atomic E-state index is 1.14. The van der Waals surface area contributed by atoms with Gasteiger partial charge in [0, 0.05) is 85.4 Å². The number of aromatic nitrogens is 2. The Labute approximate surface area is 419 Å². The highest BCUT2D eigenvalue weighted by molar-refractivity contribution is 7.26. The smallest absolute Gasteiger partial charge is 0.0640 e. The number of hydrogen-bond donors (Lipinski definition) is 0. The van der Waals surface area contributed by atoms with E-state index >= 15 is 0 Å². The summed E-state index contributed by atoms with van der Waals surface area (Å²) in [5.74, 6) is 0. The van der Waals surface area contributed by atoms with Crippen LogP contribution >= 0.6 is 22.7 Å². The first kappa shape index (κ1) is 38.9. The monoisotopic (exact) mass is 950 g/mol. The van der Waals surface area contributed by atoms with Crippen LogP contribution in [0.3, 0.4) is 0 Å². The van der Waals surface area contributed by atoms with Crippen molar-refractivity contribution in [3.8, 4) is 0 Å². The molecule has 0 aliphatic rings. The molecule has 4 nitrogen and oxygen atoms in total. The minimum Gasteiger partial charge on any atom is -0.308 e. The molecule has 0 bridgehead atoms. The summed E-state index contributed by atoms with van der Waals surface area (Å²) in [5.41, 5.74) is 14.4. The largest absolute Gasteiger partial charge is 0.308 e.